The first-order chi connectivity index (χ1) is 12.1. The fourth-order valence-electron chi connectivity index (χ4n) is 2.91. The van der Waals surface area contributed by atoms with Gasteiger partial charge in [-0.2, -0.15) is 0 Å². The molecule has 2 aromatic carbocycles. The molecule has 0 bridgehead atoms. The van der Waals surface area contributed by atoms with Crippen molar-refractivity contribution in [2.75, 3.05) is 18.6 Å². The number of benzene rings is 2. The molecule has 0 radical (unpaired) electrons. The number of methoxy groups -OCH3 is 1. The van der Waals surface area contributed by atoms with Crippen molar-refractivity contribution in [2.45, 2.75) is 20.0 Å². The predicted octanol–water partition coefficient (Wildman–Crippen LogP) is 3.10. The lowest BCUT2D eigenvalue weighted by Crippen LogP contribution is -2.26. The maximum Gasteiger partial charge on any atom is 0.311 e. The van der Waals surface area contributed by atoms with E-state index in [1.165, 1.54) is 0 Å². The van der Waals surface area contributed by atoms with Gasteiger partial charge in [-0.3, -0.25) is 9.59 Å². The first-order valence-corrected chi connectivity index (χ1v) is 8.24. The highest BCUT2D eigenvalue weighted by Crippen LogP contribution is 2.33. The van der Waals surface area contributed by atoms with Crippen molar-refractivity contribution in [1.82, 2.24) is 0 Å². The quantitative estimate of drug-likeness (QED) is 0.786. The van der Waals surface area contributed by atoms with Crippen molar-refractivity contribution in [3.05, 3.63) is 59.7 Å². The summed E-state index contributed by atoms with van der Waals surface area (Å²) < 4.78 is 10.7. The molecule has 5 heteroatoms. The first kappa shape index (κ1) is 17.0. The number of ether oxygens (including phenoxy) is 2. The summed E-state index contributed by atoms with van der Waals surface area (Å²) in [5.74, 6) is -0.277. The van der Waals surface area contributed by atoms with Crippen LogP contribution in [0.5, 0.6) is 5.75 Å². The summed E-state index contributed by atoms with van der Waals surface area (Å²) in [6, 6.07) is 15.1. The van der Waals surface area contributed by atoms with Crippen LogP contribution in [0.4, 0.5) is 5.69 Å². The maximum absolute atomic E-state index is 12.3. The van der Waals surface area contributed by atoms with Gasteiger partial charge in [-0.25, -0.2) is 0 Å². The number of anilines is 1. The van der Waals surface area contributed by atoms with Gasteiger partial charge < -0.3 is 14.4 Å². The molecule has 0 aliphatic carbocycles. The van der Waals surface area contributed by atoms with Gasteiger partial charge in [0.2, 0.25) is 5.91 Å². The molecule has 1 aliphatic heterocycles. The van der Waals surface area contributed by atoms with E-state index in [2.05, 4.69) is 0 Å². The van der Waals surface area contributed by atoms with E-state index in [-0.39, 0.29) is 24.9 Å². The molecule has 5 nitrogen and oxygen atoms in total. The van der Waals surface area contributed by atoms with Crippen LogP contribution in [0.3, 0.4) is 0 Å². The molecule has 1 aliphatic rings. The van der Waals surface area contributed by atoms with Crippen LogP contribution < -0.4 is 9.64 Å². The molecular weight excluding hydrogens is 318 g/mol. The molecule has 1 heterocycles. The van der Waals surface area contributed by atoms with Gasteiger partial charge in [0.1, 0.15) is 12.4 Å². The Bertz CT molecular complexity index is 770. The van der Waals surface area contributed by atoms with Gasteiger partial charge in [-0.05, 0) is 24.6 Å². The van der Waals surface area contributed by atoms with E-state index in [9.17, 15) is 9.59 Å². The number of carbonyl (C=O) groups is 2. The van der Waals surface area contributed by atoms with Crippen molar-refractivity contribution >= 4 is 17.6 Å². The third kappa shape index (κ3) is 3.82. The average molecular weight is 339 g/mol. The third-order valence-electron chi connectivity index (χ3n) is 4.34. The van der Waals surface area contributed by atoms with Crippen LogP contribution in [0, 0.1) is 12.8 Å². The predicted molar refractivity (Wildman–Crippen MR) is 94.4 cm³/mol. The molecule has 3 rings (SSSR count). The summed E-state index contributed by atoms with van der Waals surface area (Å²) in [5.41, 5.74) is 2.78. The van der Waals surface area contributed by atoms with E-state index < -0.39 is 5.92 Å². The van der Waals surface area contributed by atoms with Gasteiger partial charge in [-0.1, -0.05) is 42.0 Å². The topological polar surface area (TPSA) is 55.8 Å². The Hall–Kier alpha value is -2.82. The zero-order valence-corrected chi connectivity index (χ0v) is 14.4. The van der Waals surface area contributed by atoms with Crippen LogP contribution in [0.2, 0.25) is 0 Å². The van der Waals surface area contributed by atoms with Crippen LogP contribution >= 0.6 is 0 Å². The molecule has 0 saturated carbocycles. The number of esters is 1. The molecule has 1 atom stereocenters. The van der Waals surface area contributed by atoms with Crippen LogP contribution in [0.1, 0.15) is 17.5 Å². The van der Waals surface area contributed by atoms with Gasteiger partial charge in [-0.15, -0.1) is 0 Å². The Balaban J connectivity index is 1.63. The number of hydrogen-bond donors (Lipinski definition) is 0. The number of hydrogen-bond acceptors (Lipinski definition) is 4. The van der Waals surface area contributed by atoms with Crippen LogP contribution in [-0.4, -0.2) is 25.5 Å². The molecule has 1 saturated heterocycles. The second-order valence-electron chi connectivity index (χ2n) is 6.17. The Morgan fingerprint density at radius 1 is 1.16 bits per heavy atom. The van der Waals surface area contributed by atoms with E-state index in [1.807, 2.05) is 49.4 Å². The summed E-state index contributed by atoms with van der Waals surface area (Å²) in [7, 11) is 1.56. The lowest BCUT2D eigenvalue weighted by atomic mass is 10.1. The SMILES string of the molecule is COc1ccccc1N1C[C@H](C(=O)OCc2ccc(C)cc2)CC1=O. The van der Waals surface area contributed by atoms with Crippen molar-refractivity contribution < 1.29 is 19.1 Å². The molecular formula is C20H21NO4. The van der Waals surface area contributed by atoms with E-state index in [1.54, 1.807) is 18.1 Å². The second-order valence-corrected chi connectivity index (χ2v) is 6.17. The largest absolute Gasteiger partial charge is 0.495 e. The van der Waals surface area contributed by atoms with Crippen molar-refractivity contribution in [1.29, 1.82) is 0 Å². The highest BCUT2D eigenvalue weighted by molar-refractivity contribution is 6.00. The minimum absolute atomic E-state index is 0.0956. The number of aryl methyl sites for hydroxylation is 1. The molecule has 0 unspecified atom stereocenters. The lowest BCUT2D eigenvalue weighted by Gasteiger charge is -2.19. The summed E-state index contributed by atoms with van der Waals surface area (Å²) in [5, 5.41) is 0. The van der Waals surface area contributed by atoms with E-state index in [0.29, 0.717) is 18.0 Å². The lowest BCUT2D eigenvalue weighted by molar-refractivity contribution is -0.149. The van der Waals surface area contributed by atoms with Crippen molar-refractivity contribution in [2.24, 2.45) is 5.92 Å². The number of nitrogens with zero attached hydrogens (tertiary/aromatic N) is 1. The van der Waals surface area contributed by atoms with E-state index >= 15 is 0 Å². The van der Waals surface area contributed by atoms with Gasteiger partial charge in [0, 0.05) is 13.0 Å². The highest BCUT2D eigenvalue weighted by Gasteiger charge is 2.37. The molecule has 0 aromatic heterocycles. The monoisotopic (exact) mass is 339 g/mol. The number of rotatable bonds is 5. The molecule has 1 amide bonds. The van der Waals surface area contributed by atoms with E-state index in [0.717, 1.165) is 11.1 Å². The fourth-order valence-corrected chi connectivity index (χ4v) is 2.91. The number of amides is 1. The van der Waals surface area contributed by atoms with Crippen LogP contribution in [0.15, 0.2) is 48.5 Å². The Morgan fingerprint density at radius 2 is 1.88 bits per heavy atom. The van der Waals surface area contributed by atoms with Crippen molar-refractivity contribution in [3.8, 4) is 5.75 Å². The van der Waals surface area contributed by atoms with Gasteiger partial charge in [0.25, 0.3) is 0 Å². The van der Waals surface area contributed by atoms with E-state index in [4.69, 9.17) is 9.47 Å². The van der Waals surface area contributed by atoms with Gasteiger partial charge in [0.05, 0.1) is 18.7 Å². The summed E-state index contributed by atoms with van der Waals surface area (Å²) in [4.78, 5) is 26.3. The van der Waals surface area contributed by atoms with Crippen LogP contribution in [-0.2, 0) is 20.9 Å². The van der Waals surface area contributed by atoms with Crippen LogP contribution in [0.25, 0.3) is 0 Å². The smallest absolute Gasteiger partial charge is 0.311 e. The normalized spacial score (nSPS) is 16.8. The number of carbonyl (C=O) groups excluding carboxylic acids is 2. The first-order valence-electron chi connectivity index (χ1n) is 8.24. The maximum atomic E-state index is 12.3. The highest BCUT2D eigenvalue weighted by atomic mass is 16.5. The molecule has 25 heavy (non-hydrogen) atoms. The zero-order valence-electron chi connectivity index (χ0n) is 14.4. The minimum atomic E-state index is -0.456. The van der Waals surface area contributed by atoms with Gasteiger partial charge in [0.15, 0.2) is 0 Å². The standard InChI is InChI=1S/C20H21NO4/c1-14-7-9-15(10-8-14)13-25-20(23)16-11-19(22)21(12-16)17-5-3-4-6-18(17)24-2/h3-10,16H,11-13H2,1-2H3/t16-/m1/s1. The minimum Gasteiger partial charge on any atom is -0.495 e. The Labute approximate surface area is 147 Å². The average Bonchev–Trinajstić information content (AvgIpc) is 3.02. The summed E-state index contributed by atoms with van der Waals surface area (Å²) in [6.45, 7) is 2.54. The molecule has 1 fully saturated rings. The second kappa shape index (κ2) is 7.38. The molecule has 2 aromatic rings. The Morgan fingerprint density at radius 3 is 2.60 bits per heavy atom. The molecule has 0 N–H and O–H groups in total. The van der Waals surface area contributed by atoms with Crippen molar-refractivity contribution in [3.63, 3.8) is 0 Å². The molecule has 0 spiro atoms. The number of para-hydroxylation sites is 2. The fraction of sp³-hybridized carbons (Fsp3) is 0.300. The summed E-state index contributed by atoms with van der Waals surface area (Å²) >= 11 is 0. The zero-order chi connectivity index (χ0) is 17.8. The third-order valence-corrected chi connectivity index (χ3v) is 4.34. The Kier molecular flexibility index (Phi) is 5.03. The van der Waals surface area contributed by atoms with Gasteiger partial charge >= 0.3 is 5.97 Å². The summed E-state index contributed by atoms with van der Waals surface area (Å²) in [6.07, 6.45) is 0.158. The molecule has 130 valence electrons.